The molecule has 2 aliphatic rings. The van der Waals surface area contributed by atoms with Gasteiger partial charge in [0, 0.05) is 22.5 Å². The lowest BCUT2D eigenvalue weighted by atomic mass is 9.80. The normalized spacial score (nSPS) is 27.2. The molecular formula is C18H18ClNO. The number of hydrogen-bond donors (Lipinski definition) is 2. The second-order valence-corrected chi connectivity index (χ2v) is 6.48. The first-order chi connectivity index (χ1) is 10.3. The molecule has 4 rings (SSSR count). The molecule has 2 aromatic rings. The first-order valence-corrected chi connectivity index (χ1v) is 7.94. The molecule has 2 N–H and O–H groups in total. The van der Waals surface area contributed by atoms with E-state index in [1.807, 2.05) is 24.3 Å². The Morgan fingerprint density at radius 1 is 1.05 bits per heavy atom. The first-order valence-electron chi connectivity index (χ1n) is 7.56. The van der Waals surface area contributed by atoms with Crippen molar-refractivity contribution in [2.75, 3.05) is 6.54 Å². The van der Waals surface area contributed by atoms with Crippen LogP contribution in [0.25, 0.3) is 0 Å². The molecule has 1 aliphatic heterocycles. The Hall–Kier alpha value is -1.51. The van der Waals surface area contributed by atoms with Gasteiger partial charge in [-0.15, -0.1) is 0 Å². The van der Waals surface area contributed by atoms with Gasteiger partial charge in [-0.2, -0.15) is 0 Å². The predicted octanol–water partition coefficient (Wildman–Crippen LogP) is 4.23. The number of phenols is 1. The highest BCUT2D eigenvalue weighted by molar-refractivity contribution is 6.30. The molecule has 1 fully saturated rings. The Morgan fingerprint density at radius 3 is 2.76 bits per heavy atom. The van der Waals surface area contributed by atoms with Gasteiger partial charge in [-0.05, 0) is 54.6 Å². The molecule has 0 spiro atoms. The number of fused-ring (bicyclic) bond motifs is 3. The smallest absolute Gasteiger partial charge is 0.119 e. The molecule has 0 aromatic heterocycles. The molecule has 0 radical (unpaired) electrons. The summed E-state index contributed by atoms with van der Waals surface area (Å²) < 4.78 is 0. The molecule has 108 valence electrons. The maximum atomic E-state index is 10.3. The second-order valence-electron chi connectivity index (χ2n) is 6.05. The molecule has 21 heavy (non-hydrogen) atoms. The Morgan fingerprint density at radius 2 is 1.90 bits per heavy atom. The minimum Gasteiger partial charge on any atom is -0.508 e. The summed E-state index contributed by atoms with van der Waals surface area (Å²) in [5.41, 5.74) is 3.64. The van der Waals surface area contributed by atoms with Crippen molar-refractivity contribution in [1.29, 1.82) is 0 Å². The monoisotopic (exact) mass is 299 g/mol. The van der Waals surface area contributed by atoms with Crippen molar-refractivity contribution in [2.24, 2.45) is 5.92 Å². The van der Waals surface area contributed by atoms with E-state index in [0.717, 1.165) is 17.1 Å². The minimum absolute atomic E-state index is 0.234. The van der Waals surface area contributed by atoms with E-state index in [-0.39, 0.29) is 5.92 Å². The standard InChI is InChI=1S/C18H18ClNO/c19-11-7-8-12-15(10-11)17(13-4-1-2-6-16(13)21)14-5-3-9-20-18(12)14/h1-2,4,6-8,10,14,17-18,20-21H,3,5,9H2. The highest BCUT2D eigenvalue weighted by Crippen LogP contribution is 2.53. The number of aromatic hydroxyl groups is 1. The van der Waals surface area contributed by atoms with Crippen molar-refractivity contribution >= 4 is 11.6 Å². The third kappa shape index (κ3) is 2.05. The van der Waals surface area contributed by atoms with Gasteiger partial charge >= 0.3 is 0 Å². The molecule has 1 saturated heterocycles. The van der Waals surface area contributed by atoms with Crippen LogP contribution in [0.15, 0.2) is 42.5 Å². The van der Waals surface area contributed by atoms with Crippen molar-refractivity contribution in [3.05, 3.63) is 64.2 Å². The predicted molar refractivity (Wildman–Crippen MR) is 84.9 cm³/mol. The molecule has 1 aliphatic carbocycles. The van der Waals surface area contributed by atoms with Crippen LogP contribution in [0.1, 0.15) is 41.5 Å². The van der Waals surface area contributed by atoms with Gasteiger partial charge in [0.2, 0.25) is 0 Å². The zero-order valence-corrected chi connectivity index (χ0v) is 12.5. The molecule has 2 nitrogen and oxygen atoms in total. The maximum absolute atomic E-state index is 10.3. The molecule has 1 heterocycles. The van der Waals surface area contributed by atoms with E-state index >= 15 is 0 Å². The van der Waals surface area contributed by atoms with Crippen LogP contribution in [0.2, 0.25) is 5.02 Å². The van der Waals surface area contributed by atoms with E-state index < -0.39 is 0 Å². The summed E-state index contributed by atoms with van der Waals surface area (Å²) in [6.07, 6.45) is 2.37. The van der Waals surface area contributed by atoms with Gasteiger partial charge in [-0.3, -0.25) is 0 Å². The molecule has 3 unspecified atom stereocenters. The Balaban J connectivity index is 1.89. The lowest BCUT2D eigenvalue weighted by molar-refractivity contribution is 0.284. The van der Waals surface area contributed by atoms with Gasteiger partial charge in [0.15, 0.2) is 0 Å². The third-order valence-electron chi connectivity index (χ3n) is 4.93. The summed E-state index contributed by atoms with van der Waals surface area (Å²) in [4.78, 5) is 0. The van der Waals surface area contributed by atoms with Crippen LogP contribution in [-0.2, 0) is 0 Å². The molecule has 3 heteroatoms. The SMILES string of the molecule is Oc1ccccc1C1c2cc(Cl)ccc2C2NCCCC21. The quantitative estimate of drug-likeness (QED) is 0.826. The van der Waals surface area contributed by atoms with Gasteiger partial charge in [0.05, 0.1) is 0 Å². The van der Waals surface area contributed by atoms with Crippen LogP contribution >= 0.6 is 11.6 Å². The number of rotatable bonds is 1. The van der Waals surface area contributed by atoms with Crippen LogP contribution in [-0.4, -0.2) is 11.7 Å². The van der Waals surface area contributed by atoms with Gasteiger partial charge in [-0.25, -0.2) is 0 Å². The van der Waals surface area contributed by atoms with Crippen LogP contribution < -0.4 is 5.32 Å². The summed E-state index contributed by atoms with van der Waals surface area (Å²) in [6, 6.07) is 14.3. The summed E-state index contributed by atoms with van der Waals surface area (Å²) in [6.45, 7) is 1.07. The van der Waals surface area contributed by atoms with Crippen LogP contribution in [0.5, 0.6) is 5.75 Å². The van der Waals surface area contributed by atoms with E-state index in [2.05, 4.69) is 17.4 Å². The zero-order valence-electron chi connectivity index (χ0n) is 11.7. The Bertz CT molecular complexity index is 685. The second kappa shape index (κ2) is 5.04. The van der Waals surface area contributed by atoms with E-state index in [4.69, 9.17) is 11.6 Å². The minimum atomic E-state index is 0.234. The molecule has 0 bridgehead atoms. The van der Waals surface area contributed by atoms with Crippen molar-refractivity contribution in [1.82, 2.24) is 5.32 Å². The molecule has 3 atom stereocenters. The number of phenolic OH excluding ortho intramolecular Hbond substituents is 1. The van der Waals surface area contributed by atoms with Gasteiger partial charge < -0.3 is 10.4 Å². The average molecular weight is 300 g/mol. The fourth-order valence-electron chi connectivity index (χ4n) is 4.09. The van der Waals surface area contributed by atoms with E-state index in [1.54, 1.807) is 6.07 Å². The van der Waals surface area contributed by atoms with Crippen molar-refractivity contribution in [3.8, 4) is 5.75 Å². The number of nitrogens with one attached hydrogen (secondary N) is 1. The summed E-state index contributed by atoms with van der Waals surface area (Å²) in [5, 5.41) is 14.7. The van der Waals surface area contributed by atoms with Crippen molar-refractivity contribution < 1.29 is 5.11 Å². The largest absolute Gasteiger partial charge is 0.508 e. The van der Waals surface area contributed by atoms with E-state index in [1.165, 1.54) is 24.0 Å². The molecule has 2 aromatic carbocycles. The number of benzene rings is 2. The fraction of sp³-hybridized carbons (Fsp3) is 0.333. The van der Waals surface area contributed by atoms with Crippen LogP contribution in [0.4, 0.5) is 0 Å². The lowest BCUT2D eigenvalue weighted by Crippen LogP contribution is -2.32. The third-order valence-corrected chi connectivity index (χ3v) is 5.16. The van der Waals surface area contributed by atoms with Crippen LogP contribution in [0, 0.1) is 5.92 Å². The summed E-state index contributed by atoms with van der Waals surface area (Å²) in [5.74, 6) is 1.12. The highest BCUT2D eigenvalue weighted by atomic mass is 35.5. The van der Waals surface area contributed by atoms with Crippen LogP contribution in [0.3, 0.4) is 0 Å². The van der Waals surface area contributed by atoms with Gasteiger partial charge in [-0.1, -0.05) is 35.9 Å². The Kier molecular flexibility index (Phi) is 3.16. The molecule has 0 saturated carbocycles. The summed E-state index contributed by atoms with van der Waals surface area (Å²) >= 11 is 6.23. The summed E-state index contributed by atoms with van der Waals surface area (Å²) in [7, 11) is 0. The molecular weight excluding hydrogens is 282 g/mol. The first kappa shape index (κ1) is 13.2. The number of hydrogen-bond acceptors (Lipinski definition) is 2. The van der Waals surface area contributed by atoms with Crippen molar-refractivity contribution in [3.63, 3.8) is 0 Å². The zero-order chi connectivity index (χ0) is 14.4. The average Bonchev–Trinajstić information content (AvgIpc) is 2.81. The maximum Gasteiger partial charge on any atom is 0.119 e. The Labute approximate surface area is 129 Å². The number of para-hydroxylation sites is 1. The van der Waals surface area contributed by atoms with Crippen molar-refractivity contribution in [2.45, 2.75) is 24.8 Å². The van der Waals surface area contributed by atoms with E-state index in [9.17, 15) is 5.11 Å². The fourth-order valence-corrected chi connectivity index (χ4v) is 4.27. The van der Waals surface area contributed by atoms with E-state index in [0.29, 0.717) is 17.7 Å². The van der Waals surface area contributed by atoms with Gasteiger partial charge in [0.25, 0.3) is 0 Å². The topological polar surface area (TPSA) is 32.3 Å². The molecule has 0 amide bonds. The number of halogens is 1. The highest BCUT2D eigenvalue weighted by Gasteiger charge is 2.43. The number of piperidine rings is 1. The van der Waals surface area contributed by atoms with Gasteiger partial charge in [0.1, 0.15) is 5.75 Å². The lowest BCUT2D eigenvalue weighted by Gasteiger charge is -2.31.